The predicted molar refractivity (Wildman–Crippen MR) is 40.5 cm³/mol. The Kier molecular flexibility index (Phi) is 1.65. The van der Waals surface area contributed by atoms with Crippen molar-refractivity contribution in [2.24, 2.45) is 0 Å². The fourth-order valence-electron chi connectivity index (χ4n) is 1.37. The first-order valence-electron chi connectivity index (χ1n) is 3.84. The van der Waals surface area contributed by atoms with Crippen LogP contribution in [0.2, 0.25) is 0 Å². The van der Waals surface area contributed by atoms with Gasteiger partial charge >= 0.3 is 5.97 Å². The third-order valence-electron chi connectivity index (χ3n) is 2.00. The van der Waals surface area contributed by atoms with Gasteiger partial charge in [-0.25, -0.2) is 4.79 Å². The summed E-state index contributed by atoms with van der Waals surface area (Å²) in [6.45, 7) is 0. The largest absolute Gasteiger partial charge is 0.464 e. The van der Waals surface area contributed by atoms with Crippen molar-refractivity contribution in [3.05, 3.63) is 17.0 Å². The van der Waals surface area contributed by atoms with Crippen LogP contribution in [0.5, 0.6) is 0 Å². The molecule has 1 heterocycles. The molecule has 13 heavy (non-hydrogen) atoms. The van der Waals surface area contributed by atoms with Crippen LogP contribution in [0.15, 0.2) is 4.52 Å². The van der Waals surface area contributed by atoms with Gasteiger partial charge in [0.1, 0.15) is 5.76 Å². The van der Waals surface area contributed by atoms with E-state index in [0.29, 0.717) is 24.2 Å². The first-order chi connectivity index (χ1) is 6.24. The Morgan fingerprint density at radius 2 is 2.31 bits per heavy atom. The van der Waals surface area contributed by atoms with Gasteiger partial charge in [0.05, 0.1) is 12.7 Å². The molecule has 1 aliphatic carbocycles. The van der Waals surface area contributed by atoms with Gasteiger partial charge in [0.15, 0.2) is 5.78 Å². The van der Waals surface area contributed by atoms with Crippen LogP contribution in [0.3, 0.4) is 0 Å². The molecule has 0 atom stereocenters. The lowest BCUT2D eigenvalue weighted by Crippen LogP contribution is -2.07. The lowest BCUT2D eigenvalue weighted by Gasteiger charge is -1.93. The predicted octanol–water partition coefficient (Wildman–Crippen LogP) is 0.590. The van der Waals surface area contributed by atoms with Gasteiger partial charge in [-0.1, -0.05) is 5.16 Å². The van der Waals surface area contributed by atoms with Crippen molar-refractivity contribution >= 4 is 11.8 Å². The summed E-state index contributed by atoms with van der Waals surface area (Å²) in [5.74, 6) is -0.234. The van der Waals surface area contributed by atoms with Gasteiger partial charge in [-0.2, -0.15) is 0 Å². The topological polar surface area (TPSA) is 69.4 Å². The Hall–Kier alpha value is -1.65. The molecule has 0 saturated carbocycles. The molecule has 68 valence electrons. The van der Waals surface area contributed by atoms with Gasteiger partial charge in [0, 0.05) is 12.8 Å². The maximum Gasteiger partial charge on any atom is 0.361 e. The maximum atomic E-state index is 11.3. The number of ether oxygens (including phenoxy) is 1. The van der Waals surface area contributed by atoms with E-state index in [-0.39, 0.29) is 11.5 Å². The molecule has 0 N–H and O–H groups in total. The van der Waals surface area contributed by atoms with E-state index < -0.39 is 5.97 Å². The number of nitrogens with zero attached hydrogens (tertiary/aromatic N) is 1. The third kappa shape index (κ3) is 1.04. The van der Waals surface area contributed by atoms with E-state index in [4.69, 9.17) is 4.52 Å². The first kappa shape index (κ1) is 7.97. The Balaban J connectivity index is 2.49. The highest BCUT2D eigenvalue weighted by Crippen LogP contribution is 2.25. The fraction of sp³-hybridized carbons (Fsp3) is 0.375. The zero-order chi connectivity index (χ0) is 9.42. The number of esters is 1. The average Bonchev–Trinajstić information content (AvgIpc) is 2.68. The molecule has 1 aromatic rings. The number of Topliss-reactive ketones (excluding diaryl/α,β-unsaturated/α-hetero) is 1. The second-order valence-corrected chi connectivity index (χ2v) is 2.74. The normalized spacial score (nSPS) is 14.4. The van der Waals surface area contributed by atoms with Crippen LogP contribution in [-0.4, -0.2) is 24.0 Å². The van der Waals surface area contributed by atoms with Crippen molar-refractivity contribution in [2.75, 3.05) is 7.11 Å². The first-order valence-corrected chi connectivity index (χ1v) is 3.84. The summed E-state index contributed by atoms with van der Waals surface area (Å²) in [6, 6.07) is 0. The van der Waals surface area contributed by atoms with Crippen LogP contribution in [-0.2, 0) is 11.2 Å². The van der Waals surface area contributed by atoms with Gasteiger partial charge in [-0.05, 0) is 0 Å². The Labute approximate surface area is 73.7 Å². The van der Waals surface area contributed by atoms with Crippen molar-refractivity contribution in [1.29, 1.82) is 0 Å². The van der Waals surface area contributed by atoms with Crippen molar-refractivity contribution in [3.63, 3.8) is 0 Å². The number of hydrogen-bond donors (Lipinski definition) is 0. The zero-order valence-corrected chi connectivity index (χ0v) is 6.99. The molecule has 0 fully saturated rings. The highest BCUT2D eigenvalue weighted by atomic mass is 16.5. The summed E-state index contributed by atoms with van der Waals surface area (Å²) >= 11 is 0. The van der Waals surface area contributed by atoms with E-state index in [1.54, 1.807) is 0 Å². The smallest absolute Gasteiger partial charge is 0.361 e. The highest BCUT2D eigenvalue weighted by Gasteiger charge is 2.32. The molecule has 0 aromatic carbocycles. The van der Waals surface area contributed by atoms with E-state index in [2.05, 4.69) is 9.89 Å². The van der Waals surface area contributed by atoms with Gasteiger partial charge in [-0.15, -0.1) is 0 Å². The van der Waals surface area contributed by atoms with Gasteiger partial charge in [0.25, 0.3) is 0 Å². The molecule has 0 amide bonds. The van der Waals surface area contributed by atoms with Crippen LogP contribution in [0.1, 0.15) is 33.0 Å². The minimum atomic E-state index is -0.625. The summed E-state index contributed by atoms with van der Waals surface area (Å²) in [6.07, 6.45) is 0.916. The molecule has 0 unspecified atom stereocenters. The molecule has 5 heteroatoms. The van der Waals surface area contributed by atoms with Crippen LogP contribution in [0.4, 0.5) is 0 Å². The molecule has 2 rings (SSSR count). The van der Waals surface area contributed by atoms with E-state index in [1.165, 1.54) is 7.11 Å². The van der Waals surface area contributed by atoms with Crippen LogP contribution < -0.4 is 0 Å². The quantitative estimate of drug-likeness (QED) is 0.593. The van der Waals surface area contributed by atoms with E-state index in [9.17, 15) is 9.59 Å². The van der Waals surface area contributed by atoms with Crippen molar-refractivity contribution < 1.29 is 18.8 Å². The summed E-state index contributed by atoms with van der Waals surface area (Å²) in [4.78, 5) is 22.3. The maximum absolute atomic E-state index is 11.3. The number of carbonyl (C=O) groups is 2. The fourth-order valence-corrected chi connectivity index (χ4v) is 1.37. The molecule has 0 aliphatic heterocycles. The van der Waals surface area contributed by atoms with Crippen LogP contribution in [0, 0.1) is 0 Å². The van der Waals surface area contributed by atoms with Crippen molar-refractivity contribution in [3.8, 4) is 0 Å². The van der Waals surface area contributed by atoms with Gasteiger partial charge in [0.2, 0.25) is 5.69 Å². The molecule has 0 radical (unpaired) electrons. The number of methoxy groups -OCH3 is 1. The van der Waals surface area contributed by atoms with E-state index in [0.717, 1.165) is 0 Å². The van der Waals surface area contributed by atoms with Gasteiger partial charge in [-0.3, -0.25) is 4.79 Å². The third-order valence-corrected chi connectivity index (χ3v) is 2.00. The molecule has 1 aliphatic rings. The SMILES string of the molecule is COC(=O)c1noc2c1C(=O)CC2. The standard InChI is InChI=1S/C8H7NO4/c1-12-8(11)7-6-4(10)2-3-5(6)13-9-7/h2-3H2,1H3. The number of aryl methyl sites for hydroxylation is 1. The number of ketones is 1. The monoisotopic (exact) mass is 181 g/mol. The Morgan fingerprint density at radius 1 is 1.54 bits per heavy atom. The second-order valence-electron chi connectivity index (χ2n) is 2.74. The van der Waals surface area contributed by atoms with Crippen LogP contribution in [0.25, 0.3) is 0 Å². The molecule has 0 spiro atoms. The minimum absolute atomic E-state index is 0.000000000000000444. The number of hydrogen-bond acceptors (Lipinski definition) is 5. The molecule has 0 bridgehead atoms. The second kappa shape index (κ2) is 2.69. The minimum Gasteiger partial charge on any atom is -0.464 e. The summed E-state index contributed by atoms with van der Waals surface area (Å²) in [5.41, 5.74) is 0.298. The van der Waals surface area contributed by atoms with Crippen molar-refractivity contribution in [1.82, 2.24) is 5.16 Å². The molecule has 0 saturated heterocycles. The molecular formula is C8H7NO4. The summed E-state index contributed by atoms with van der Waals surface area (Å²) in [7, 11) is 1.24. The Bertz CT molecular complexity index is 379. The van der Waals surface area contributed by atoms with Crippen LogP contribution >= 0.6 is 0 Å². The molecule has 1 aromatic heterocycles. The van der Waals surface area contributed by atoms with E-state index >= 15 is 0 Å². The van der Waals surface area contributed by atoms with Crippen molar-refractivity contribution in [2.45, 2.75) is 12.8 Å². The summed E-state index contributed by atoms with van der Waals surface area (Å²) < 4.78 is 9.28. The Morgan fingerprint density at radius 3 is 3.00 bits per heavy atom. The summed E-state index contributed by atoms with van der Waals surface area (Å²) in [5, 5.41) is 3.49. The molecule has 5 nitrogen and oxygen atoms in total. The lowest BCUT2D eigenvalue weighted by atomic mass is 10.2. The number of carbonyl (C=O) groups excluding carboxylic acids is 2. The zero-order valence-electron chi connectivity index (χ0n) is 6.99. The van der Waals surface area contributed by atoms with E-state index in [1.807, 2.05) is 0 Å². The van der Waals surface area contributed by atoms with Gasteiger partial charge < -0.3 is 9.26 Å². The number of aromatic nitrogens is 1. The number of fused-ring (bicyclic) bond motifs is 1. The average molecular weight is 181 g/mol. The number of rotatable bonds is 1. The highest BCUT2D eigenvalue weighted by molar-refractivity contribution is 6.07. The molecular weight excluding hydrogens is 174 g/mol. The lowest BCUT2D eigenvalue weighted by molar-refractivity contribution is 0.0585.